The molecule has 0 amide bonds. The van der Waals surface area contributed by atoms with Gasteiger partial charge in [0.1, 0.15) is 5.84 Å². The van der Waals surface area contributed by atoms with Crippen molar-refractivity contribution in [2.45, 2.75) is 39.3 Å². The third-order valence-corrected chi connectivity index (χ3v) is 4.16. The molecule has 0 saturated carbocycles. The van der Waals surface area contributed by atoms with Crippen LogP contribution in [0.4, 0.5) is 0 Å². The molecular formula is C11H19N3O2S. The average Bonchev–Trinajstić information content (AvgIpc) is 2.56. The van der Waals surface area contributed by atoms with Crippen molar-refractivity contribution in [2.24, 2.45) is 4.99 Å². The van der Waals surface area contributed by atoms with Crippen LogP contribution in [-0.2, 0) is 10.0 Å². The highest BCUT2D eigenvalue weighted by Gasteiger charge is 2.34. The molecule has 0 aromatic heterocycles. The molecule has 6 heteroatoms. The van der Waals surface area contributed by atoms with Gasteiger partial charge < -0.3 is 4.90 Å². The van der Waals surface area contributed by atoms with Gasteiger partial charge in [-0.3, -0.25) is 4.99 Å². The van der Waals surface area contributed by atoms with E-state index in [1.807, 2.05) is 6.92 Å². The SMILES string of the molecule is CC1=NC(C)C(C)=C2CC(NS(C)(=O)=O)CN12. The van der Waals surface area contributed by atoms with Crippen molar-refractivity contribution in [3.05, 3.63) is 11.3 Å². The molecule has 1 N–H and O–H groups in total. The lowest BCUT2D eigenvalue weighted by molar-refractivity contribution is 0.511. The Labute approximate surface area is 103 Å². The van der Waals surface area contributed by atoms with Gasteiger partial charge in [-0.2, -0.15) is 0 Å². The summed E-state index contributed by atoms with van der Waals surface area (Å²) in [5, 5.41) is 0. The van der Waals surface area contributed by atoms with E-state index in [1.165, 1.54) is 17.5 Å². The van der Waals surface area contributed by atoms with Gasteiger partial charge in [0.25, 0.3) is 0 Å². The molecule has 1 fully saturated rings. The van der Waals surface area contributed by atoms with E-state index in [-0.39, 0.29) is 12.1 Å². The van der Waals surface area contributed by atoms with E-state index in [2.05, 4.69) is 28.5 Å². The Morgan fingerprint density at radius 2 is 2.06 bits per heavy atom. The van der Waals surface area contributed by atoms with Crippen molar-refractivity contribution in [1.29, 1.82) is 0 Å². The third kappa shape index (κ3) is 2.52. The highest BCUT2D eigenvalue weighted by atomic mass is 32.2. The number of sulfonamides is 1. The molecule has 2 atom stereocenters. The van der Waals surface area contributed by atoms with Crippen molar-refractivity contribution >= 4 is 15.9 Å². The van der Waals surface area contributed by atoms with Gasteiger partial charge >= 0.3 is 0 Å². The number of aliphatic imine (C=N–C) groups is 1. The molecule has 0 aliphatic carbocycles. The molecule has 2 rings (SSSR count). The third-order valence-electron chi connectivity index (χ3n) is 3.40. The highest BCUT2D eigenvalue weighted by molar-refractivity contribution is 7.88. The number of hydrogen-bond acceptors (Lipinski definition) is 4. The Bertz CT molecular complexity index is 493. The number of rotatable bonds is 2. The van der Waals surface area contributed by atoms with Crippen LogP contribution in [-0.4, -0.2) is 44.0 Å². The summed E-state index contributed by atoms with van der Waals surface area (Å²) < 4.78 is 25.2. The maximum Gasteiger partial charge on any atom is 0.209 e. The number of fused-ring (bicyclic) bond motifs is 1. The van der Waals surface area contributed by atoms with Crippen molar-refractivity contribution in [3.8, 4) is 0 Å². The van der Waals surface area contributed by atoms with Crippen molar-refractivity contribution in [3.63, 3.8) is 0 Å². The van der Waals surface area contributed by atoms with E-state index in [1.54, 1.807) is 0 Å². The summed E-state index contributed by atoms with van der Waals surface area (Å²) in [5.74, 6) is 0.982. The van der Waals surface area contributed by atoms with Crippen LogP contribution in [0, 0.1) is 0 Å². The predicted octanol–water partition coefficient (Wildman–Crippen LogP) is 0.704. The van der Waals surface area contributed by atoms with Crippen LogP contribution in [0.2, 0.25) is 0 Å². The molecule has 1 saturated heterocycles. The van der Waals surface area contributed by atoms with E-state index >= 15 is 0 Å². The van der Waals surface area contributed by atoms with Gasteiger partial charge in [-0.1, -0.05) is 0 Å². The first-order chi connectivity index (χ1) is 7.78. The number of nitrogens with zero attached hydrogens (tertiary/aromatic N) is 2. The molecule has 0 radical (unpaired) electrons. The zero-order valence-corrected chi connectivity index (χ0v) is 11.5. The Kier molecular flexibility index (Phi) is 3.03. The molecule has 2 unspecified atom stereocenters. The molecule has 0 bridgehead atoms. The van der Waals surface area contributed by atoms with Crippen molar-refractivity contribution in [2.75, 3.05) is 12.8 Å². The van der Waals surface area contributed by atoms with Crippen LogP contribution >= 0.6 is 0 Å². The topological polar surface area (TPSA) is 61.8 Å². The van der Waals surface area contributed by atoms with Crippen molar-refractivity contribution < 1.29 is 8.42 Å². The lowest BCUT2D eigenvalue weighted by Gasteiger charge is -2.28. The van der Waals surface area contributed by atoms with Crippen LogP contribution in [0.5, 0.6) is 0 Å². The molecule has 0 spiro atoms. The van der Waals surface area contributed by atoms with Crippen LogP contribution < -0.4 is 4.72 Å². The predicted molar refractivity (Wildman–Crippen MR) is 68.4 cm³/mol. The maximum atomic E-state index is 11.2. The molecule has 5 nitrogen and oxygen atoms in total. The number of nitrogens with one attached hydrogen (secondary N) is 1. The molecule has 2 aliphatic heterocycles. The Morgan fingerprint density at radius 1 is 1.41 bits per heavy atom. The summed E-state index contributed by atoms with van der Waals surface area (Å²) in [6.07, 6.45) is 1.96. The van der Waals surface area contributed by atoms with Gasteiger partial charge in [-0.25, -0.2) is 13.1 Å². The van der Waals surface area contributed by atoms with Crippen LogP contribution in [0.1, 0.15) is 27.2 Å². The fourth-order valence-electron chi connectivity index (χ4n) is 2.51. The first kappa shape index (κ1) is 12.6. The largest absolute Gasteiger partial charge is 0.332 e. The minimum Gasteiger partial charge on any atom is -0.332 e. The zero-order valence-electron chi connectivity index (χ0n) is 10.7. The molecule has 0 aromatic carbocycles. The van der Waals surface area contributed by atoms with Gasteiger partial charge in [0.2, 0.25) is 10.0 Å². The van der Waals surface area contributed by atoms with E-state index in [0.29, 0.717) is 6.54 Å². The van der Waals surface area contributed by atoms with E-state index in [4.69, 9.17) is 0 Å². The zero-order chi connectivity index (χ0) is 12.8. The monoisotopic (exact) mass is 257 g/mol. The van der Waals surface area contributed by atoms with Crippen LogP contribution in [0.3, 0.4) is 0 Å². The molecule has 17 heavy (non-hydrogen) atoms. The van der Waals surface area contributed by atoms with Crippen LogP contribution in [0.15, 0.2) is 16.3 Å². The standard InChI is InChI=1S/C11H19N3O2S/c1-7-8(2)12-9(3)14-6-10(5-11(7)14)13-17(4,15)16/h8,10,13H,5-6H2,1-4H3. The van der Waals surface area contributed by atoms with E-state index < -0.39 is 10.0 Å². The molecular weight excluding hydrogens is 238 g/mol. The fraction of sp³-hybridized carbons (Fsp3) is 0.727. The molecule has 0 aromatic rings. The summed E-state index contributed by atoms with van der Waals surface area (Å²) in [6.45, 7) is 6.81. The summed E-state index contributed by atoms with van der Waals surface area (Å²) in [7, 11) is -3.14. The van der Waals surface area contributed by atoms with Crippen molar-refractivity contribution in [1.82, 2.24) is 9.62 Å². The second-order valence-corrected chi connectivity index (χ2v) is 6.66. The van der Waals surface area contributed by atoms with Gasteiger partial charge in [0.15, 0.2) is 0 Å². The van der Waals surface area contributed by atoms with Gasteiger partial charge in [0, 0.05) is 24.7 Å². The summed E-state index contributed by atoms with van der Waals surface area (Å²) >= 11 is 0. The normalized spacial score (nSPS) is 29.4. The van der Waals surface area contributed by atoms with E-state index in [0.717, 1.165) is 12.3 Å². The lowest BCUT2D eigenvalue weighted by atomic mass is 10.0. The average molecular weight is 257 g/mol. The lowest BCUT2D eigenvalue weighted by Crippen LogP contribution is -2.38. The summed E-state index contributed by atoms with van der Waals surface area (Å²) in [6, 6.07) is 0.170. The second-order valence-electron chi connectivity index (χ2n) is 4.88. The quantitative estimate of drug-likeness (QED) is 0.792. The summed E-state index contributed by atoms with van der Waals surface area (Å²) in [4.78, 5) is 6.67. The molecule has 96 valence electrons. The molecule has 2 aliphatic rings. The minimum atomic E-state index is -3.14. The smallest absolute Gasteiger partial charge is 0.209 e. The minimum absolute atomic E-state index is 0.0367. The Hall–Kier alpha value is -0.880. The van der Waals surface area contributed by atoms with Crippen LogP contribution in [0.25, 0.3) is 0 Å². The number of hydrogen-bond donors (Lipinski definition) is 1. The Morgan fingerprint density at radius 3 is 2.65 bits per heavy atom. The summed E-state index contributed by atoms with van der Waals surface area (Å²) in [5.41, 5.74) is 2.47. The first-order valence-electron chi connectivity index (χ1n) is 5.77. The van der Waals surface area contributed by atoms with Gasteiger partial charge in [0.05, 0.1) is 12.3 Å². The number of amidine groups is 1. The van der Waals surface area contributed by atoms with Gasteiger partial charge in [-0.15, -0.1) is 0 Å². The highest BCUT2D eigenvalue weighted by Crippen LogP contribution is 2.31. The second kappa shape index (κ2) is 4.10. The first-order valence-corrected chi connectivity index (χ1v) is 7.66. The maximum absolute atomic E-state index is 11.2. The molecule has 2 heterocycles. The fourth-order valence-corrected chi connectivity index (χ4v) is 3.27. The van der Waals surface area contributed by atoms with E-state index in [9.17, 15) is 8.42 Å². The van der Waals surface area contributed by atoms with Gasteiger partial charge in [-0.05, 0) is 26.3 Å². The Balaban J connectivity index is 2.22.